The molecule has 0 spiro atoms. The first-order chi connectivity index (χ1) is 11.2. The zero-order chi connectivity index (χ0) is 15.8. The van der Waals surface area contributed by atoms with Crippen molar-refractivity contribution >= 4 is 10.9 Å². The molecule has 3 aromatic rings. The van der Waals surface area contributed by atoms with Gasteiger partial charge in [-0.05, 0) is 65.8 Å². The minimum absolute atomic E-state index is 0.558. The van der Waals surface area contributed by atoms with Gasteiger partial charge in [-0.25, -0.2) is 0 Å². The standard InChI is InChI=1S/C22H25N/c1-16(2)22-15-20-6-3-4-9-21(20)23(22)13-12-17-10-11-18-7-5-8-19(18)14-17/h3-4,6,9-11,14-16H,5,7-8,12-13H2,1-2H3. The van der Waals surface area contributed by atoms with Crippen molar-refractivity contribution in [3.05, 3.63) is 70.9 Å². The van der Waals surface area contributed by atoms with Gasteiger partial charge in [-0.1, -0.05) is 50.2 Å². The van der Waals surface area contributed by atoms with Gasteiger partial charge in [0.15, 0.2) is 0 Å². The van der Waals surface area contributed by atoms with Crippen LogP contribution in [-0.4, -0.2) is 4.57 Å². The van der Waals surface area contributed by atoms with E-state index < -0.39 is 0 Å². The van der Waals surface area contributed by atoms with Gasteiger partial charge in [-0.3, -0.25) is 0 Å². The van der Waals surface area contributed by atoms with Crippen molar-refractivity contribution in [1.82, 2.24) is 4.57 Å². The molecule has 4 rings (SSSR count). The number of fused-ring (bicyclic) bond motifs is 2. The molecule has 1 heteroatoms. The highest BCUT2D eigenvalue weighted by molar-refractivity contribution is 5.81. The lowest BCUT2D eigenvalue weighted by atomic mass is 10.0. The van der Waals surface area contributed by atoms with Crippen molar-refractivity contribution in [2.75, 3.05) is 0 Å². The summed E-state index contributed by atoms with van der Waals surface area (Å²) in [7, 11) is 0. The van der Waals surface area contributed by atoms with E-state index in [9.17, 15) is 0 Å². The van der Waals surface area contributed by atoms with Crippen LogP contribution in [0.15, 0.2) is 48.5 Å². The Morgan fingerprint density at radius 2 is 1.78 bits per heavy atom. The number of hydrogen-bond donors (Lipinski definition) is 0. The summed E-state index contributed by atoms with van der Waals surface area (Å²) in [5, 5.41) is 1.37. The predicted octanol–water partition coefficient (Wildman–Crippen LogP) is 5.50. The maximum absolute atomic E-state index is 2.52. The van der Waals surface area contributed by atoms with Crippen LogP contribution in [0.4, 0.5) is 0 Å². The summed E-state index contributed by atoms with van der Waals surface area (Å²) < 4.78 is 2.52. The third kappa shape index (κ3) is 2.69. The molecule has 1 aromatic heterocycles. The maximum atomic E-state index is 2.52. The average Bonchev–Trinajstić information content (AvgIpc) is 3.16. The van der Waals surface area contributed by atoms with Crippen molar-refractivity contribution in [1.29, 1.82) is 0 Å². The number of benzene rings is 2. The molecule has 0 radical (unpaired) electrons. The molecule has 0 atom stereocenters. The minimum Gasteiger partial charge on any atom is -0.344 e. The van der Waals surface area contributed by atoms with Gasteiger partial charge in [-0.15, -0.1) is 0 Å². The van der Waals surface area contributed by atoms with Crippen molar-refractivity contribution in [3.63, 3.8) is 0 Å². The van der Waals surface area contributed by atoms with Crippen LogP contribution in [0.3, 0.4) is 0 Å². The molecular weight excluding hydrogens is 278 g/mol. The molecule has 1 aliphatic rings. The van der Waals surface area contributed by atoms with Gasteiger partial charge in [0.05, 0.1) is 0 Å². The van der Waals surface area contributed by atoms with Crippen LogP contribution >= 0.6 is 0 Å². The average molecular weight is 303 g/mol. The van der Waals surface area contributed by atoms with Crippen molar-refractivity contribution in [2.45, 2.75) is 52.0 Å². The van der Waals surface area contributed by atoms with Crippen molar-refractivity contribution in [2.24, 2.45) is 0 Å². The van der Waals surface area contributed by atoms with E-state index in [0.29, 0.717) is 5.92 Å². The van der Waals surface area contributed by atoms with Crippen molar-refractivity contribution in [3.8, 4) is 0 Å². The Morgan fingerprint density at radius 3 is 2.65 bits per heavy atom. The molecule has 0 N–H and O–H groups in total. The summed E-state index contributed by atoms with van der Waals surface area (Å²) in [5.74, 6) is 0.558. The van der Waals surface area contributed by atoms with Gasteiger partial charge in [0.1, 0.15) is 0 Å². The van der Waals surface area contributed by atoms with Crippen LogP contribution in [0.2, 0.25) is 0 Å². The number of rotatable bonds is 4. The van der Waals surface area contributed by atoms with Crippen molar-refractivity contribution < 1.29 is 0 Å². The quantitative estimate of drug-likeness (QED) is 0.600. The zero-order valence-corrected chi connectivity index (χ0v) is 14.2. The lowest BCUT2D eigenvalue weighted by molar-refractivity contribution is 0.652. The Balaban J connectivity index is 1.63. The third-order valence-electron chi connectivity index (χ3n) is 5.22. The lowest BCUT2D eigenvalue weighted by Crippen LogP contribution is -2.07. The molecule has 0 amide bonds. The van der Waals surface area contributed by atoms with Crippen LogP contribution in [-0.2, 0) is 25.8 Å². The fourth-order valence-electron chi connectivity index (χ4n) is 3.98. The highest BCUT2D eigenvalue weighted by Crippen LogP contribution is 2.27. The van der Waals surface area contributed by atoms with Gasteiger partial charge in [-0.2, -0.15) is 0 Å². The van der Waals surface area contributed by atoms with E-state index in [1.54, 1.807) is 11.1 Å². The lowest BCUT2D eigenvalue weighted by Gasteiger charge is -2.14. The van der Waals surface area contributed by atoms with E-state index in [2.05, 4.69) is 66.9 Å². The third-order valence-corrected chi connectivity index (χ3v) is 5.22. The normalized spacial score (nSPS) is 13.9. The van der Waals surface area contributed by atoms with Gasteiger partial charge in [0.25, 0.3) is 0 Å². The van der Waals surface area contributed by atoms with Crippen LogP contribution in [0.1, 0.15) is 48.6 Å². The van der Waals surface area contributed by atoms with Gasteiger partial charge < -0.3 is 4.57 Å². The van der Waals surface area contributed by atoms with Gasteiger partial charge in [0.2, 0.25) is 0 Å². The van der Waals surface area contributed by atoms with E-state index in [1.165, 1.54) is 41.4 Å². The van der Waals surface area contributed by atoms with E-state index >= 15 is 0 Å². The summed E-state index contributed by atoms with van der Waals surface area (Å²) in [6.45, 7) is 5.65. The second-order valence-corrected chi connectivity index (χ2v) is 7.14. The molecule has 0 unspecified atom stereocenters. The number of aromatic nitrogens is 1. The molecule has 0 aliphatic heterocycles. The van der Waals surface area contributed by atoms with Crippen LogP contribution in [0, 0.1) is 0 Å². The monoisotopic (exact) mass is 303 g/mol. The summed E-state index contributed by atoms with van der Waals surface area (Å²) in [6.07, 6.45) is 4.99. The topological polar surface area (TPSA) is 4.93 Å². The van der Waals surface area contributed by atoms with E-state index in [4.69, 9.17) is 0 Å². The molecule has 0 saturated heterocycles. The number of hydrogen-bond acceptors (Lipinski definition) is 0. The largest absolute Gasteiger partial charge is 0.344 e. The Labute approximate surface area is 139 Å². The summed E-state index contributed by atoms with van der Waals surface area (Å²) in [4.78, 5) is 0. The Hall–Kier alpha value is -2.02. The highest BCUT2D eigenvalue weighted by atomic mass is 15.0. The number of aryl methyl sites for hydroxylation is 4. The number of para-hydroxylation sites is 1. The minimum atomic E-state index is 0.558. The molecular formula is C22H25N. The maximum Gasteiger partial charge on any atom is 0.0482 e. The number of nitrogens with zero attached hydrogens (tertiary/aromatic N) is 1. The summed E-state index contributed by atoms with van der Waals surface area (Å²) in [5.41, 5.74) is 7.47. The molecule has 1 aliphatic carbocycles. The summed E-state index contributed by atoms with van der Waals surface area (Å²) >= 11 is 0. The molecule has 23 heavy (non-hydrogen) atoms. The first-order valence-electron chi connectivity index (χ1n) is 8.91. The van der Waals surface area contributed by atoms with Crippen LogP contribution in [0.5, 0.6) is 0 Å². The molecule has 2 aromatic carbocycles. The smallest absolute Gasteiger partial charge is 0.0482 e. The predicted molar refractivity (Wildman–Crippen MR) is 98.2 cm³/mol. The molecule has 0 saturated carbocycles. The van der Waals surface area contributed by atoms with Crippen LogP contribution in [0.25, 0.3) is 10.9 Å². The van der Waals surface area contributed by atoms with Gasteiger partial charge >= 0.3 is 0 Å². The molecule has 1 heterocycles. The second-order valence-electron chi connectivity index (χ2n) is 7.14. The van der Waals surface area contributed by atoms with E-state index in [1.807, 2.05) is 0 Å². The second kappa shape index (κ2) is 5.88. The van der Waals surface area contributed by atoms with E-state index in [0.717, 1.165) is 13.0 Å². The Bertz CT molecular complexity index is 838. The molecule has 118 valence electrons. The highest BCUT2D eigenvalue weighted by Gasteiger charge is 2.13. The SMILES string of the molecule is CC(C)c1cc2ccccc2n1CCc1ccc2c(c1)CCC2. The van der Waals surface area contributed by atoms with E-state index in [-0.39, 0.29) is 0 Å². The van der Waals surface area contributed by atoms with Crippen LogP contribution < -0.4 is 0 Å². The first-order valence-corrected chi connectivity index (χ1v) is 8.91. The summed E-state index contributed by atoms with van der Waals surface area (Å²) in [6, 6.07) is 18.3. The molecule has 1 nitrogen and oxygen atoms in total. The Morgan fingerprint density at radius 1 is 0.957 bits per heavy atom. The fourth-order valence-corrected chi connectivity index (χ4v) is 3.98. The fraction of sp³-hybridized carbons (Fsp3) is 0.364. The zero-order valence-electron chi connectivity index (χ0n) is 14.2. The van der Waals surface area contributed by atoms with Gasteiger partial charge in [0, 0.05) is 17.8 Å². The molecule has 0 fully saturated rings. The first kappa shape index (κ1) is 14.6. The Kier molecular flexibility index (Phi) is 3.72. The molecule has 0 bridgehead atoms.